The third kappa shape index (κ3) is 2.76. The molecule has 2 rings (SSSR count). The Hall–Kier alpha value is -2.44. The van der Waals surface area contributed by atoms with Gasteiger partial charge in [0, 0.05) is 18.8 Å². The number of hydrogen-bond acceptors (Lipinski definition) is 5. The van der Waals surface area contributed by atoms with Gasteiger partial charge in [-0.25, -0.2) is 9.18 Å². The first-order chi connectivity index (χ1) is 9.52. The van der Waals surface area contributed by atoms with Crippen molar-refractivity contribution in [3.8, 4) is 0 Å². The molecule has 7 heteroatoms. The first kappa shape index (κ1) is 14.0. The zero-order valence-electron chi connectivity index (χ0n) is 11.3. The molecule has 0 aliphatic carbocycles. The third-order valence-corrected chi connectivity index (χ3v) is 2.82. The summed E-state index contributed by atoms with van der Waals surface area (Å²) in [5, 5.41) is 4.14. The molecule has 0 aliphatic rings. The molecule has 0 saturated heterocycles. The molecule has 0 saturated carbocycles. The minimum absolute atomic E-state index is 0.0737. The molecule has 2 heterocycles. The number of nitrogens with zero attached hydrogens (tertiary/aromatic N) is 3. The van der Waals surface area contributed by atoms with Crippen LogP contribution in [0.3, 0.4) is 0 Å². The van der Waals surface area contributed by atoms with Crippen LogP contribution >= 0.6 is 0 Å². The second-order valence-corrected chi connectivity index (χ2v) is 4.27. The summed E-state index contributed by atoms with van der Waals surface area (Å²) < 4.78 is 19.4. The highest BCUT2D eigenvalue weighted by Gasteiger charge is 2.20. The van der Waals surface area contributed by atoms with E-state index < -0.39 is 11.8 Å². The van der Waals surface area contributed by atoms with Crippen molar-refractivity contribution in [2.24, 2.45) is 7.05 Å². The zero-order valence-corrected chi connectivity index (χ0v) is 11.3. The molecule has 2 aromatic rings. The van der Waals surface area contributed by atoms with Crippen molar-refractivity contribution in [2.75, 3.05) is 5.73 Å². The molecule has 2 aromatic heterocycles. The molecular weight excluding hydrogens is 263 g/mol. The van der Waals surface area contributed by atoms with E-state index in [1.165, 1.54) is 16.9 Å². The number of rotatable bonds is 4. The molecule has 0 unspecified atom stereocenters. The number of nitrogens with two attached hydrogens (primary N) is 1. The van der Waals surface area contributed by atoms with Crippen LogP contribution in [0.4, 0.5) is 10.1 Å². The molecule has 106 valence electrons. The Bertz CT molecular complexity index is 639. The number of aryl methyl sites for hydroxylation is 2. The fraction of sp³-hybridized carbons (Fsp3) is 0.308. The van der Waals surface area contributed by atoms with Gasteiger partial charge in [-0.1, -0.05) is 6.92 Å². The van der Waals surface area contributed by atoms with Crippen LogP contribution in [0.2, 0.25) is 0 Å². The maximum absolute atomic E-state index is 13.0. The van der Waals surface area contributed by atoms with Gasteiger partial charge in [-0.2, -0.15) is 5.10 Å². The van der Waals surface area contributed by atoms with E-state index in [-0.39, 0.29) is 12.3 Å². The lowest BCUT2D eigenvalue weighted by Crippen LogP contribution is -2.12. The maximum Gasteiger partial charge on any atom is 0.359 e. The first-order valence-corrected chi connectivity index (χ1v) is 6.10. The summed E-state index contributed by atoms with van der Waals surface area (Å²) in [5.41, 5.74) is 7.48. The van der Waals surface area contributed by atoms with Gasteiger partial charge in [0.15, 0.2) is 5.69 Å². The molecule has 6 nitrogen and oxygen atoms in total. The molecule has 0 bridgehead atoms. The molecular formula is C13H15FN4O2. The highest BCUT2D eigenvalue weighted by Crippen LogP contribution is 2.18. The van der Waals surface area contributed by atoms with Gasteiger partial charge < -0.3 is 10.5 Å². The summed E-state index contributed by atoms with van der Waals surface area (Å²) >= 11 is 0. The molecule has 0 amide bonds. The van der Waals surface area contributed by atoms with Crippen LogP contribution in [-0.2, 0) is 24.8 Å². The summed E-state index contributed by atoms with van der Waals surface area (Å²) in [7, 11) is 1.62. The molecule has 0 radical (unpaired) electrons. The van der Waals surface area contributed by atoms with Gasteiger partial charge in [-0.3, -0.25) is 9.67 Å². The first-order valence-electron chi connectivity index (χ1n) is 6.10. The van der Waals surface area contributed by atoms with Gasteiger partial charge >= 0.3 is 5.97 Å². The number of aromatic nitrogens is 3. The molecule has 0 atom stereocenters. The number of pyridine rings is 1. The van der Waals surface area contributed by atoms with Crippen molar-refractivity contribution in [3.05, 3.63) is 41.2 Å². The summed E-state index contributed by atoms with van der Waals surface area (Å²) in [6.07, 6.45) is 3.14. The van der Waals surface area contributed by atoms with E-state index >= 15 is 0 Å². The Kier molecular flexibility index (Phi) is 3.97. The fourth-order valence-corrected chi connectivity index (χ4v) is 1.85. The molecule has 20 heavy (non-hydrogen) atoms. The van der Waals surface area contributed by atoms with E-state index in [2.05, 4.69) is 10.1 Å². The lowest BCUT2D eigenvalue weighted by Gasteiger charge is -2.05. The van der Waals surface area contributed by atoms with Crippen LogP contribution in [0.15, 0.2) is 18.5 Å². The zero-order chi connectivity index (χ0) is 14.7. The molecule has 0 aromatic carbocycles. The van der Waals surface area contributed by atoms with Crippen molar-refractivity contribution in [1.29, 1.82) is 0 Å². The normalized spacial score (nSPS) is 10.6. The summed E-state index contributed by atoms with van der Waals surface area (Å²) in [5.74, 6) is -1.08. The van der Waals surface area contributed by atoms with Crippen molar-refractivity contribution in [3.63, 3.8) is 0 Å². The topological polar surface area (TPSA) is 83.0 Å². The van der Waals surface area contributed by atoms with E-state index in [9.17, 15) is 9.18 Å². The van der Waals surface area contributed by atoms with Gasteiger partial charge in [0.25, 0.3) is 0 Å². The van der Waals surface area contributed by atoms with E-state index in [1.807, 2.05) is 6.92 Å². The number of carbonyl (C=O) groups is 1. The van der Waals surface area contributed by atoms with E-state index in [1.54, 1.807) is 7.05 Å². The average Bonchev–Trinajstić information content (AvgIpc) is 2.71. The second-order valence-electron chi connectivity index (χ2n) is 4.27. The Morgan fingerprint density at radius 2 is 2.25 bits per heavy atom. The molecule has 2 N–H and O–H groups in total. The van der Waals surface area contributed by atoms with E-state index in [4.69, 9.17) is 10.5 Å². The minimum Gasteiger partial charge on any atom is -0.456 e. The average molecular weight is 278 g/mol. The van der Waals surface area contributed by atoms with Crippen LogP contribution in [-0.4, -0.2) is 20.7 Å². The number of ether oxygens (including phenoxy) is 1. The lowest BCUT2D eigenvalue weighted by atomic mass is 10.2. The van der Waals surface area contributed by atoms with Gasteiger partial charge in [0.1, 0.15) is 12.4 Å². The van der Waals surface area contributed by atoms with Gasteiger partial charge in [-0.05, 0) is 12.5 Å². The Balaban J connectivity index is 2.11. The minimum atomic E-state index is -0.596. The Morgan fingerprint density at radius 1 is 1.50 bits per heavy atom. The van der Waals surface area contributed by atoms with Gasteiger partial charge in [-0.15, -0.1) is 0 Å². The number of anilines is 1. The standard InChI is InChI=1S/C13H15FN4O2/c1-3-10-11(15)12(18(2)17-10)13(19)20-7-8-4-9(14)6-16-5-8/h4-6H,3,7,15H2,1-2H3. The van der Waals surface area contributed by atoms with Crippen molar-refractivity contribution >= 4 is 11.7 Å². The van der Waals surface area contributed by atoms with Crippen LogP contribution in [0.1, 0.15) is 28.7 Å². The Labute approximate surface area is 115 Å². The number of hydrogen-bond donors (Lipinski definition) is 1. The van der Waals surface area contributed by atoms with Crippen molar-refractivity contribution < 1.29 is 13.9 Å². The van der Waals surface area contributed by atoms with Crippen LogP contribution in [0.25, 0.3) is 0 Å². The summed E-state index contributed by atoms with van der Waals surface area (Å²) in [6, 6.07) is 1.25. The number of nitrogen functional groups attached to an aromatic ring is 1. The monoisotopic (exact) mass is 278 g/mol. The Morgan fingerprint density at radius 3 is 2.85 bits per heavy atom. The highest BCUT2D eigenvalue weighted by molar-refractivity contribution is 5.93. The third-order valence-electron chi connectivity index (χ3n) is 2.82. The van der Waals surface area contributed by atoms with Crippen molar-refractivity contribution in [2.45, 2.75) is 20.0 Å². The predicted molar refractivity (Wildman–Crippen MR) is 70.3 cm³/mol. The lowest BCUT2D eigenvalue weighted by molar-refractivity contribution is 0.0460. The van der Waals surface area contributed by atoms with Crippen LogP contribution in [0, 0.1) is 5.82 Å². The summed E-state index contributed by atoms with van der Waals surface area (Å²) in [6.45, 7) is 1.82. The predicted octanol–water partition coefficient (Wildman–Crippen LogP) is 1.46. The SMILES string of the molecule is CCc1nn(C)c(C(=O)OCc2cncc(F)c2)c1N. The van der Waals surface area contributed by atoms with Crippen LogP contribution in [0.5, 0.6) is 0 Å². The fourth-order valence-electron chi connectivity index (χ4n) is 1.85. The van der Waals surface area contributed by atoms with E-state index in [0.717, 1.165) is 6.20 Å². The maximum atomic E-state index is 13.0. The summed E-state index contributed by atoms with van der Waals surface area (Å²) in [4.78, 5) is 15.7. The smallest absolute Gasteiger partial charge is 0.359 e. The molecule has 0 aliphatic heterocycles. The second kappa shape index (κ2) is 5.68. The highest BCUT2D eigenvalue weighted by atomic mass is 19.1. The molecule has 0 fully saturated rings. The van der Waals surface area contributed by atoms with Crippen LogP contribution < -0.4 is 5.73 Å². The number of halogens is 1. The molecule has 0 spiro atoms. The number of carbonyl (C=O) groups excluding carboxylic acids is 1. The number of esters is 1. The van der Waals surface area contributed by atoms with Gasteiger partial charge in [0.2, 0.25) is 0 Å². The van der Waals surface area contributed by atoms with E-state index in [0.29, 0.717) is 23.4 Å². The largest absolute Gasteiger partial charge is 0.456 e. The quantitative estimate of drug-likeness (QED) is 0.856. The van der Waals surface area contributed by atoms with Crippen molar-refractivity contribution in [1.82, 2.24) is 14.8 Å². The van der Waals surface area contributed by atoms with Gasteiger partial charge in [0.05, 0.1) is 17.6 Å².